The molecule has 1 saturated heterocycles. The third-order valence-corrected chi connectivity index (χ3v) is 3.24. The summed E-state index contributed by atoms with van der Waals surface area (Å²) in [5.41, 5.74) is 0. The molecular formula is C9H17NO. The summed E-state index contributed by atoms with van der Waals surface area (Å²) < 4.78 is 0. The molecule has 0 aromatic rings. The fourth-order valence-electron chi connectivity index (χ4n) is 2.57. The Morgan fingerprint density at radius 1 is 1.18 bits per heavy atom. The smallest absolute Gasteiger partial charge is 0.0572 e. The minimum atomic E-state index is 0.0100. The molecule has 2 rings (SSSR count). The molecule has 2 aliphatic rings. The van der Waals surface area contributed by atoms with Crippen molar-refractivity contribution in [2.45, 2.75) is 31.8 Å². The quantitative estimate of drug-likeness (QED) is 0.541. The van der Waals surface area contributed by atoms with Crippen LogP contribution in [0.5, 0.6) is 0 Å². The Labute approximate surface area is 68.0 Å². The van der Waals surface area contributed by atoms with Gasteiger partial charge in [0.1, 0.15) is 0 Å². The zero-order chi connectivity index (χ0) is 7.68. The van der Waals surface area contributed by atoms with Crippen LogP contribution in [-0.4, -0.2) is 24.3 Å². The molecule has 0 aromatic carbocycles. The molecule has 1 aliphatic carbocycles. The highest BCUT2D eigenvalue weighted by Gasteiger charge is 2.33. The molecule has 1 aliphatic heterocycles. The normalized spacial score (nSPS) is 45.0. The molecule has 1 saturated carbocycles. The number of hydrogen-bond acceptors (Lipinski definition) is 2. The Bertz CT molecular complexity index is 136. The fourth-order valence-corrected chi connectivity index (χ4v) is 2.57. The van der Waals surface area contributed by atoms with Gasteiger partial charge in [-0.3, -0.25) is 0 Å². The molecule has 2 heteroatoms. The summed E-state index contributed by atoms with van der Waals surface area (Å²) in [5.74, 6) is 1.39. The van der Waals surface area contributed by atoms with Crippen LogP contribution in [0.25, 0.3) is 0 Å². The van der Waals surface area contributed by atoms with E-state index in [1.54, 1.807) is 0 Å². The first-order valence-corrected chi connectivity index (χ1v) is 4.76. The minimum Gasteiger partial charge on any atom is -0.393 e. The van der Waals surface area contributed by atoms with Crippen molar-refractivity contribution in [2.75, 3.05) is 13.1 Å². The van der Waals surface area contributed by atoms with Gasteiger partial charge in [-0.15, -0.1) is 0 Å². The SMILES string of the molecule is OC1CCCC2CNCCC12. The first-order valence-electron chi connectivity index (χ1n) is 4.76. The van der Waals surface area contributed by atoms with E-state index in [1.807, 2.05) is 0 Å². The van der Waals surface area contributed by atoms with Gasteiger partial charge < -0.3 is 10.4 Å². The molecule has 0 amide bonds. The number of aliphatic hydroxyl groups excluding tert-OH is 1. The molecule has 3 unspecified atom stereocenters. The summed E-state index contributed by atoms with van der Waals surface area (Å²) in [4.78, 5) is 0. The van der Waals surface area contributed by atoms with Gasteiger partial charge in [0, 0.05) is 0 Å². The van der Waals surface area contributed by atoms with Crippen LogP contribution in [0.1, 0.15) is 25.7 Å². The van der Waals surface area contributed by atoms with Crippen molar-refractivity contribution in [1.82, 2.24) is 5.32 Å². The van der Waals surface area contributed by atoms with Gasteiger partial charge in [0.2, 0.25) is 0 Å². The van der Waals surface area contributed by atoms with Crippen LogP contribution < -0.4 is 5.32 Å². The van der Waals surface area contributed by atoms with E-state index in [-0.39, 0.29) is 6.10 Å². The Morgan fingerprint density at radius 2 is 2.09 bits per heavy atom. The Balaban J connectivity index is 1.99. The summed E-state index contributed by atoms with van der Waals surface area (Å²) in [6.07, 6.45) is 4.79. The Kier molecular flexibility index (Phi) is 2.14. The lowest BCUT2D eigenvalue weighted by Gasteiger charge is -2.39. The number of nitrogens with one attached hydrogen (secondary N) is 1. The third kappa shape index (κ3) is 1.42. The molecule has 2 fully saturated rings. The molecule has 1 heterocycles. The first-order chi connectivity index (χ1) is 5.38. The van der Waals surface area contributed by atoms with Gasteiger partial charge in [0.25, 0.3) is 0 Å². The molecule has 64 valence electrons. The average Bonchev–Trinajstić information content (AvgIpc) is 2.06. The molecule has 0 radical (unpaired) electrons. The van der Waals surface area contributed by atoms with E-state index >= 15 is 0 Å². The molecule has 0 spiro atoms. The van der Waals surface area contributed by atoms with E-state index in [1.165, 1.54) is 19.3 Å². The van der Waals surface area contributed by atoms with Crippen LogP contribution in [0, 0.1) is 11.8 Å². The number of fused-ring (bicyclic) bond motifs is 1. The number of piperidine rings is 1. The highest BCUT2D eigenvalue weighted by Crippen LogP contribution is 2.33. The van der Waals surface area contributed by atoms with Gasteiger partial charge in [0.05, 0.1) is 6.10 Å². The van der Waals surface area contributed by atoms with Gasteiger partial charge in [-0.2, -0.15) is 0 Å². The monoisotopic (exact) mass is 155 g/mol. The second-order valence-electron chi connectivity index (χ2n) is 3.91. The highest BCUT2D eigenvalue weighted by atomic mass is 16.3. The van der Waals surface area contributed by atoms with Gasteiger partial charge in [-0.1, -0.05) is 6.42 Å². The lowest BCUT2D eigenvalue weighted by molar-refractivity contribution is 0.0167. The Hall–Kier alpha value is -0.0800. The van der Waals surface area contributed by atoms with Crippen molar-refractivity contribution < 1.29 is 5.11 Å². The van der Waals surface area contributed by atoms with Crippen LogP contribution in [0.3, 0.4) is 0 Å². The second kappa shape index (κ2) is 3.11. The summed E-state index contributed by atoms with van der Waals surface area (Å²) in [6, 6.07) is 0. The molecule has 11 heavy (non-hydrogen) atoms. The molecule has 0 bridgehead atoms. The summed E-state index contributed by atoms with van der Waals surface area (Å²) in [7, 11) is 0. The van der Waals surface area contributed by atoms with Crippen molar-refractivity contribution in [3.63, 3.8) is 0 Å². The summed E-state index contributed by atoms with van der Waals surface area (Å²) in [5, 5.41) is 13.1. The molecule has 3 atom stereocenters. The van der Waals surface area contributed by atoms with Crippen molar-refractivity contribution in [3.8, 4) is 0 Å². The zero-order valence-electron chi connectivity index (χ0n) is 6.92. The van der Waals surface area contributed by atoms with Crippen LogP contribution in [0.4, 0.5) is 0 Å². The average molecular weight is 155 g/mol. The first kappa shape index (κ1) is 7.56. The summed E-state index contributed by atoms with van der Waals surface area (Å²) in [6.45, 7) is 2.25. The topological polar surface area (TPSA) is 32.3 Å². The fraction of sp³-hybridized carbons (Fsp3) is 1.00. The second-order valence-corrected chi connectivity index (χ2v) is 3.91. The molecule has 0 aromatic heterocycles. The van der Waals surface area contributed by atoms with Gasteiger partial charge in [-0.05, 0) is 44.2 Å². The lowest BCUT2D eigenvalue weighted by atomic mass is 9.74. The van der Waals surface area contributed by atoms with Crippen LogP contribution in [-0.2, 0) is 0 Å². The van der Waals surface area contributed by atoms with E-state index in [0.29, 0.717) is 5.92 Å². The maximum Gasteiger partial charge on any atom is 0.0572 e. The third-order valence-electron chi connectivity index (χ3n) is 3.24. The van der Waals surface area contributed by atoms with Crippen molar-refractivity contribution in [2.24, 2.45) is 11.8 Å². The van der Waals surface area contributed by atoms with Crippen molar-refractivity contribution >= 4 is 0 Å². The van der Waals surface area contributed by atoms with E-state index in [9.17, 15) is 5.11 Å². The van der Waals surface area contributed by atoms with Crippen LogP contribution in [0.15, 0.2) is 0 Å². The molecular weight excluding hydrogens is 138 g/mol. The predicted octanol–water partition coefficient (Wildman–Crippen LogP) is 0.757. The van der Waals surface area contributed by atoms with Crippen LogP contribution in [0.2, 0.25) is 0 Å². The molecule has 2 N–H and O–H groups in total. The number of rotatable bonds is 0. The summed E-state index contributed by atoms with van der Waals surface area (Å²) >= 11 is 0. The maximum atomic E-state index is 9.68. The minimum absolute atomic E-state index is 0.0100. The predicted molar refractivity (Wildman–Crippen MR) is 44.3 cm³/mol. The molecule has 2 nitrogen and oxygen atoms in total. The maximum absolute atomic E-state index is 9.68. The van der Waals surface area contributed by atoms with E-state index in [2.05, 4.69) is 5.32 Å². The van der Waals surface area contributed by atoms with Gasteiger partial charge >= 0.3 is 0 Å². The largest absolute Gasteiger partial charge is 0.393 e. The standard InChI is InChI=1S/C9H17NO/c11-9-3-1-2-7-6-10-5-4-8(7)9/h7-11H,1-6H2. The van der Waals surface area contributed by atoms with Crippen LogP contribution >= 0.6 is 0 Å². The van der Waals surface area contributed by atoms with Crippen molar-refractivity contribution in [1.29, 1.82) is 0 Å². The zero-order valence-corrected chi connectivity index (χ0v) is 6.92. The number of aliphatic hydroxyl groups is 1. The van der Waals surface area contributed by atoms with E-state index in [4.69, 9.17) is 0 Å². The Morgan fingerprint density at radius 3 is 2.91 bits per heavy atom. The number of hydrogen-bond donors (Lipinski definition) is 2. The van der Waals surface area contributed by atoms with Gasteiger partial charge in [-0.25, -0.2) is 0 Å². The van der Waals surface area contributed by atoms with Gasteiger partial charge in [0.15, 0.2) is 0 Å². The van der Waals surface area contributed by atoms with E-state index in [0.717, 1.165) is 25.4 Å². The lowest BCUT2D eigenvalue weighted by Crippen LogP contribution is -2.44. The highest BCUT2D eigenvalue weighted by molar-refractivity contribution is 4.86. The van der Waals surface area contributed by atoms with E-state index < -0.39 is 0 Å². The van der Waals surface area contributed by atoms with Crippen molar-refractivity contribution in [3.05, 3.63) is 0 Å².